The minimum Gasteiger partial charge on any atom is -0.458 e. The molecule has 0 spiro atoms. The number of esters is 1. The zero-order valence-electron chi connectivity index (χ0n) is 19.8. The highest BCUT2D eigenvalue weighted by atomic mass is 35.5. The van der Waals surface area contributed by atoms with Crippen LogP contribution in [0.15, 0.2) is 24.3 Å². The van der Waals surface area contributed by atoms with Gasteiger partial charge in [0, 0.05) is 18.5 Å². The van der Waals surface area contributed by atoms with Gasteiger partial charge in [0.2, 0.25) is 0 Å². The molecule has 1 aliphatic heterocycles. The van der Waals surface area contributed by atoms with Crippen LogP contribution in [-0.4, -0.2) is 41.6 Å². The Morgan fingerprint density at radius 3 is 2.58 bits per heavy atom. The number of rotatable bonds is 5. The van der Waals surface area contributed by atoms with E-state index in [1.807, 2.05) is 43.9 Å². The molecule has 7 heteroatoms. The van der Waals surface area contributed by atoms with Gasteiger partial charge in [0.05, 0.1) is 16.1 Å². The van der Waals surface area contributed by atoms with Crippen molar-refractivity contribution in [1.82, 2.24) is 10.3 Å². The molecule has 1 aromatic carbocycles. The first kappa shape index (κ1) is 23.8. The van der Waals surface area contributed by atoms with Crippen LogP contribution in [0.25, 0.3) is 10.9 Å². The van der Waals surface area contributed by atoms with Crippen LogP contribution < -0.4 is 10.2 Å². The summed E-state index contributed by atoms with van der Waals surface area (Å²) in [4.78, 5) is 32.6. The van der Waals surface area contributed by atoms with Gasteiger partial charge in [0.25, 0.3) is 5.91 Å². The molecule has 1 saturated carbocycles. The summed E-state index contributed by atoms with van der Waals surface area (Å²) in [6, 6.07) is 6.98. The fourth-order valence-corrected chi connectivity index (χ4v) is 5.18. The number of pyridine rings is 1. The van der Waals surface area contributed by atoms with E-state index in [1.165, 1.54) is 32.1 Å². The third-order valence-electron chi connectivity index (χ3n) is 6.53. The average Bonchev–Trinajstić information content (AvgIpc) is 3.27. The van der Waals surface area contributed by atoms with E-state index < -0.39 is 5.60 Å². The molecule has 4 rings (SSSR count). The molecule has 2 heterocycles. The number of carbonyl (C=O) groups excluding carboxylic acids is 2. The van der Waals surface area contributed by atoms with Gasteiger partial charge in [-0.15, -0.1) is 0 Å². The van der Waals surface area contributed by atoms with Crippen molar-refractivity contribution in [2.75, 3.05) is 18.0 Å². The Morgan fingerprint density at radius 2 is 1.85 bits per heavy atom. The lowest BCUT2D eigenvalue weighted by molar-refractivity contribution is -0.156. The van der Waals surface area contributed by atoms with Gasteiger partial charge in [-0.1, -0.05) is 30.9 Å². The second-order valence-electron chi connectivity index (χ2n) is 10.3. The van der Waals surface area contributed by atoms with Crippen molar-refractivity contribution >= 4 is 40.2 Å². The Morgan fingerprint density at radius 1 is 1.09 bits per heavy atom. The minimum absolute atomic E-state index is 0.154. The van der Waals surface area contributed by atoms with Gasteiger partial charge in [-0.3, -0.25) is 4.79 Å². The number of nitrogens with one attached hydrogen (secondary N) is 1. The number of ether oxygens (including phenoxy) is 1. The van der Waals surface area contributed by atoms with Crippen molar-refractivity contribution in [3.63, 3.8) is 0 Å². The first-order valence-electron chi connectivity index (χ1n) is 12.1. The van der Waals surface area contributed by atoms with Gasteiger partial charge in [-0.05, 0) is 76.6 Å². The van der Waals surface area contributed by atoms with Crippen LogP contribution in [0.4, 0.5) is 5.82 Å². The maximum atomic E-state index is 13.0. The molecule has 0 unspecified atom stereocenters. The minimum atomic E-state index is -0.529. The molecule has 2 fully saturated rings. The normalized spacial score (nSPS) is 19.6. The number of aromatic nitrogens is 1. The van der Waals surface area contributed by atoms with Gasteiger partial charge in [-0.25, -0.2) is 9.78 Å². The number of carbonyl (C=O) groups is 2. The molecule has 33 heavy (non-hydrogen) atoms. The Hall–Kier alpha value is -2.34. The van der Waals surface area contributed by atoms with E-state index in [1.54, 1.807) is 6.07 Å². The molecule has 0 radical (unpaired) electrons. The van der Waals surface area contributed by atoms with Crippen LogP contribution in [0.3, 0.4) is 0 Å². The van der Waals surface area contributed by atoms with E-state index in [0.717, 1.165) is 24.8 Å². The lowest BCUT2D eigenvalue weighted by Crippen LogP contribution is -2.41. The predicted octanol–water partition coefficient (Wildman–Crippen LogP) is 5.51. The van der Waals surface area contributed by atoms with Crippen molar-refractivity contribution in [3.05, 3.63) is 34.9 Å². The summed E-state index contributed by atoms with van der Waals surface area (Å²) in [5.41, 5.74) is 0.627. The van der Waals surface area contributed by atoms with Crippen LogP contribution in [0.2, 0.25) is 5.02 Å². The second kappa shape index (κ2) is 9.88. The fraction of sp³-hybridized carbons (Fsp3) is 0.577. The van der Waals surface area contributed by atoms with Crippen LogP contribution in [-0.2, 0) is 9.53 Å². The number of hydrogen-bond acceptors (Lipinski definition) is 5. The average molecular weight is 472 g/mol. The largest absolute Gasteiger partial charge is 0.458 e. The standard InChI is InChI=1S/C26H34ClN3O3/c1-26(2,3)33-25(32)21-10-7-15-30(21)22-14-11-18-20(29-22)13-12-19(27)23(18)24(31)28-16-17-8-5-4-6-9-17/h11-14,17,21H,4-10,15-16H2,1-3H3,(H,28,31)/t21-/m0/s1. The molecule has 1 N–H and O–H groups in total. The van der Waals surface area contributed by atoms with E-state index in [-0.39, 0.29) is 17.9 Å². The number of fused-ring (bicyclic) bond motifs is 1. The number of hydrogen-bond donors (Lipinski definition) is 1. The summed E-state index contributed by atoms with van der Waals surface area (Å²) in [7, 11) is 0. The smallest absolute Gasteiger partial charge is 0.329 e. The first-order valence-corrected chi connectivity index (χ1v) is 12.5. The Labute approximate surface area is 201 Å². The van der Waals surface area contributed by atoms with Gasteiger partial charge < -0.3 is 15.0 Å². The highest BCUT2D eigenvalue weighted by Gasteiger charge is 2.35. The maximum absolute atomic E-state index is 13.0. The number of benzene rings is 1. The van der Waals surface area contributed by atoms with E-state index in [4.69, 9.17) is 21.3 Å². The van der Waals surface area contributed by atoms with Crippen molar-refractivity contribution in [3.8, 4) is 0 Å². The summed E-state index contributed by atoms with van der Waals surface area (Å²) in [5, 5.41) is 4.24. The summed E-state index contributed by atoms with van der Waals surface area (Å²) in [6.45, 7) is 7.06. The van der Waals surface area contributed by atoms with Crippen LogP contribution in [0.5, 0.6) is 0 Å². The van der Waals surface area contributed by atoms with Crippen LogP contribution in [0.1, 0.15) is 76.1 Å². The SMILES string of the molecule is CC(C)(C)OC(=O)[C@@H]1CCCN1c1ccc2c(C(=O)NCC3CCCCC3)c(Cl)ccc2n1. The van der Waals surface area contributed by atoms with Crippen molar-refractivity contribution < 1.29 is 14.3 Å². The third-order valence-corrected chi connectivity index (χ3v) is 6.85. The monoisotopic (exact) mass is 471 g/mol. The molecule has 1 aliphatic carbocycles. The predicted molar refractivity (Wildman–Crippen MR) is 132 cm³/mol. The Bertz CT molecular complexity index is 1030. The van der Waals surface area contributed by atoms with Crippen LogP contribution in [0, 0.1) is 5.92 Å². The molecule has 178 valence electrons. The van der Waals surface area contributed by atoms with Gasteiger partial charge >= 0.3 is 5.97 Å². The first-order chi connectivity index (χ1) is 15.7. The number of halogens is 1. The molecule has 1 atom stereocenters. The van der Waals surface area contributed by atoms with Crippen molar-refractivity contribution in [2.45, 2.75) is 77.4 Å². The van der Waals surface area contributed by atoms with E-state index >= 15 is 0 Å². The van der Waals surface area contributed by atoms with Crippen LogP contribution >= 0.6 is 11.6 Å². The molecule has 0 bridgehead atoms. The van der Waals surface area contributed by atoms with E-state index in [2.05, 4.69) is 5.32 Å². The van der Waals surface area contributed by atoms with Gasteiger partial charge in [0.1, 0.15) is 17.5 Å². The lowest BCUT2D eigenvalue weighted by Gasteiger charge is -2.28. The van der Waals surface area contributed by atoms with Gasteiger partial charge in [0.15, 0.2) is 0 Å². The number of amides is 1. The summed E-state index contributed by atoms with van der Waals surface area (Å²) < 4.78 is 5.63. The van der Waals surface area contributed by atoms with Crippen molar-refractivity contribution in [1.29, 1.82) is 0 Å². The zero-order chi connectivity index (χ0) is 23.6. The molecule has 2 aromatic rings. The third kappa shape index (κ3) is 5.60. The second-order valence-corrected chi connectivity index (χ2v) is 10.7. The molecule has 2 aliphatic rings. The molecule has 1 amide bonds. The zero-order valence-corrected chi connectivity index (χ0v) is 20.6. The summed E-state index contributed by atoms with van der Waals surface area (Å²) >= 11 is 6.45. The molecule has 6 nitrogen and oxygen atoms in total. The summed E-state index contributed by atoms with van der Waals surface area (Å²) in [6.07, 6.45) is 7.75. The quantitative estimate of drug-likeness (QED) is 0.582. The Kier molecular flexibility index (Phi) is 7.13. The lowest BCUT2D eigenvalue weighted by atomic mass is 9.89. The Balaban J connectivity index is 1.55. The molecular weight excluding hydrogens is 438 g/mol. The van der Waals surface area contributed by atoms with Gasteiger partial charge in [-0.2, -0.15) is 0 Å². The fourth-order valence-electron chi connectivity index (χ4n) is 4.93. The topological polar surface area (TPSA) is 71.5 Å². The molecule has 1 aromatic heterocycles. The number of anilines is 1. The van der Waals surface area contributed by atoms with E-state index in [0.29, 0.717) is 34.4 Å². The van der Waals surface area contributed by atoms with Crippen molar-refractivity contribution in [2.24, 2.45) is 5.92 Å². The molecule has 1 saturated heterocycles. The number of nitrogens with zero attached hydrogens (tertiary/aromatic N) is 2. The highest BCUT2D eigenvalue weighted by molar-refractivity contribution is 6.35. The highest BCUT2D eigenvalue weighted by Crippen LogP contribution is 2.31. The maximum Gasteiger partial charge on any atom is 0.329 e. The molecular formula is C26H34ClN3O3. The summed E-state index contributed by atoms with van der Waals surface area (Å²) in [5.74, 6) is 0.882. The van der Waals surface area contributed by atoms with E-state index in [9.17, 15) is 9.59 Å².